The van der Waals surface area contributed by atoms with E-state index in [0.717, 1.165) is 41.0 Å². The summed E-state index contributed by atoms with van der Waals surface area (Å²) in [6.07, 6.45) is 14.4. The zero-order valence-corrected chi connectivity index (χ0v) is 15.8. The summed E-state index contributed by atoms with van der Waals surface area (Å²) in [5, 5.41) is 2.71. The van der Waals surface area contributed by atoms with Crippen molar-refractivity contribution in [1.29, 1.82) is 0 Å². The van der Waals surface area contributed by atoms with E-state index in [2.05, 4.69) is 40.0 Å². The highest BCUT2D eigenvalue weighted by Crippen LogP contribution is 2.17. The van der Waals surface area contributed by atoms with Crippen LogP contribution in [0.1, 0.15) is 22.7 Å². The molecule has 0 aliphatic carbocycles. The third-order valence-corrected chi connectivity index (χ3v) is 3.65. The van der Waals surface area contributed by atoms with Gasteiger partial charge in [0.25, 0.3) is 0 Å². The van der Waals surface area contributed by atoms with Crippen molar-refractivity contribution in [2.75, 3.05) is 6.61 Å². The Bertz CT molecular complexity index is 1020. The van der Waals surface area contributed by atoms with Crippen molar-refractivity contribution in [3.8, 4) is 24.7 Å². The molecule has 1 saturated heterocycles. The number of carbonyl (C=O) groups excluding carboxylic acids is 1. The largest absolute Gasteiger partial charge is 0.447 e. The number of aromatic nitrogens is 2. The Kier molecular flexibility index (Phi) is 8.51. The number of terminal acetylenes is 1. The van der Waals surface area contributed by atoms with Crippen LogP contribution in [0.4, 0.5) is 13.6 Å². The minimum Gasteiger partial charge on any atom is -0.447 e. The molecule has 7 heteroatoms. The molecule has 1 N–H and O–H groups in total. The second kappa shape index (κ2) is 11.6. The summed E-state index contributed by atoms with van der Waals surface area (Å²) in [5.74, 6) is 5.22. The Morgan fingerprint density at radius 2 is 1.60 bits per heavy atom. The van der Waals surface area contributed by atoms with E-state index < -0.39 is 17.7 Å². The predicted molar refractivity (Wildman–Crippen MR) is 108 cm³/mol. The average molecular weight is 405 g/mol. The molecule has 1 aliphatic heterocycles. The van der Waals surface area contributed by atoms with Gasteiger partial charge in [-0.2, -0.15) is 0 Å². The summed E-state index contributed by atoms with van der Waals surface area (Å²) in [4.78, 5) is 19.2. The number of pyridine rings is 2. The van der Waals surface area contributed by atoms with Gasteiger partial charge < -0.3 is 10.1 Å². The molecule has 1 aromatic carbocycles. The molecule has 2 aromatic heterocycles. The first kappa shape index (κ1) is 22.1. The first-order chi connectivity index (χ1) is 14.6. The van der Waals surface area contributed by atoms with Gasteiger partial charge in [0.1, 0.15) is 18.2 Å². The number of rotatable bonds is 1. The van der Waals surface area contributed by atoms with Crippen LogP contribution in [-0.4, -0.2) is 22.7 Å². The van der Waals surface area contributed by atoms with Gasteiger partial charge in [0.05, 0.1) is 6.04 Å². The second-order valence-corrected chi connectivity index (χ2v) is 5.73. The summed E-state index contributed by atoms with van der Waals surface area (Å²) >= 11 is 0. The van der Waals surface area contributed by atoms with Gasteiger partial charge in [0.2, 0.25) is 0 Å². The molecule has 5 nitrogen and oxygen atoms in total. The Morgan fingerprint density at radius 1 is 0.967 bits per heavy atom. The van der Waals surface area contributed by atoms with Gasteiger partial charge in [-0.05, 0) is 48.0 Å². The van der Waals surface area contributed by atoms with Crippen LogP contribution in [0.5, 0.6) is 0 Å². The molecule has 1 amide bonds. The fraction of sp³-hybridized carbons (Fsp3) is 0.0870. The first-order valence-electron chi connectivity index (χ1n) is 8.65. The monoisotopic (exact) mass is 405 g/mol. The molecular formula is C23H17F2N3O2. The first-order valence-corrected chi connectivity index (χ1v) is 8.65. The van der Waals surface area contributed by atoms with Crippen molar-refractivity contribution in [3.05, 3.63) is 95.6 Å². The molecule has 4 rings (SSSR count). The van der Waals surface area contributed by atoms with Crippen LogP contribution in [-0.2, 0) is 4.74 Å². The highest BCUT2D eigenvalue weighted by atomic mass is 19.1. The lowest BCUT2D eigenvalue weighted by Crippen LogP contribution is -2.18. The summed E-state index contributed by atoms with van der Waals surface area (Å²) in [5.41, 5.74) is 2.51. The molecule has 1 fully saturated rings. The van der Waals surface area contributed by atoms with E-state index in [4.69, 9.17) is 4.74 Å². The van der Waals surface area contributed by atoms with Crippen molar-refractivity contribution in [2.24, 2.45) is 0 Å². The number of amides is 1. The summed E-state index contributed by atoms with van der Waals surface area (Å²) in [6, 6.07) is 9.78. The standard InChI is InChI=1S/C15H11N3O2.C6H4F2.C2H2/c19-15-18-14(10-20-15)13-6-12(8-17-9-13)4-3-11-2-1-5-16-7-11;7-5-1-2-6(8)4-3-5;1-2/h1-2,5-9,14H,10H2,(H,18,19);1-4H;1-2H/t14-;;/m0../s1. The van der Waals surface area contributed by atoms with Crippen LogP contribution in [0.15, 0.2) is 67.3 Å². The van der Waals surface area contributed by atoms with Gasteiger partial charge >= 0.3 is 6.09 Å². The van der Waals surface area contributed by atoms with Crippen molar-refractivity contribution in [1.82, 2.24) is 15.3 Å². The maximum absolute atomic E-state index is 11.9. The molecule has 3 heterocycles. The molecule has 3 aromatic rings. The Morgan fingerprint density at radius 3 is 2.17 bits per heavy atom. The number of nitrogens with one attached hydrogen (secondary N) is 1. The number of cyclic esters (lactones) is 1. The Labute approximate surface area is 173 Å². The molecule has 0 saturated carbocycles. The van der Waals surface area contributed by atoms with Crippen LogP contribution in [0, 0.1) is 36.3 Å². The summed E-state index contributed by atoms with van der Waals surface area (Å²) in [7, 11) is 0. The maximum Gasteiger partial charge on any atom is 0.407 e. The smallest absolute Gasteiger partial charge is 0.407 e. The number of nitrogens with zero attached hydrogens (tertiary/aromatic N) is 2. The lowest BCUT2D eigenvalue weighted by atomic mass is 10.1. The Hall–Kier alpha value is -4.23. The summed E-state index contributed by atoms with van der Waals surface area (Å²) < 4.78 is 28.7. The van der Waals surface area contributed by atoms with E-state index in [0.29, 0.717) is 6.61 Å². The average Bonchev–Trinajstić information content (AvgIpc) is 3.23. The van der Waals surface area contributed by atoms with Gasteiger partial charge in [-0.1, -0.05) is 11.8 Å². The molecule has 0 bridgehead atoms. The zero-order valence-electron chi connectivity index (χ0n) is 15.8. The topological polar surface area (TPSA) is 64.1 Å². The van der Waals surface area contributed by atoms with Crippen molar-refractivity contribution in [3.63, 3.8) is 0 Å². The number of halogens is 2. The molecule has 0 unspecified atom stereocenters. The van der Waals surface area contributed by atoms with Gasteiger partial charge in [0.15, 0.2) is 0 Å². The van der Waals surface area contributed by atoms with Crippen LogP contribution in [0.2, 0.25) is 0 Å². The van der Waals surface area contributed by atoms with Crippen LogP contribution in [0.25, 0.3) is 0 Å². The van der Waals surface area contributed by atoms with E-state index in [1.807, 2.05) is 18.2 Å². The van der Waals surface area contributed by atoms with Crippen LogP contribution >= 0.6 is 0 Å². The number of hydrogen-bond donors (Lipinski definition) is 1. The third-order valence-electron chi connectivity index (χ3n) is 3.65. The van der Waals surface area contributed by atoms with Gasteiger partial charge in [-0.25, -0.2) is 13.6 Å². The third kappa shape index (κ3) is 7.06. The normalized spacial score (nSPS) is 13.7. The molecule has 0 radical (unpaired) electrons. The number of ether oxygens (including phenoxy) is 1. The quantitative estimate of drug-likeness (QED) is 0.625. The maximum atomic E-state index is 11.9. The van der Waals surface area contributed by atoms with Crippen LogP contribution < -0.4 is 5.32 Å². The van der Waals surface area contributed by atoms with E-state index in [1.54, 1.807) is 24.8 Å². The lowest BCUT2D eigenvalue weighted by Gasteiger charge is -2.06. The van der Waals surface area contributed by atoms with E-state index in [-0.39, 0.29) is 6.04 Å². The van der Waals surface area contributed by atoms with E-state index in [1.165, 1.54) is 0 Å². The second-order valence-electron chi connectivity index (χ2n) is 5.73. The molecule has 0 spiro atoms. The van der Waals surface area contributed by atoms with E-state index in [9.17, 15) is 13.6 Å². The number of benzene rings is 1. The predicted octanol–water partition coefficient (Wildman–Crippen LogP) is 3.87. The zero-order chi connectivity index (χ0) is 21.8. The molecule has 150 valence electrons. The minimum absolute atomic E-state index is 0.157. The SMILES string of the molecule is C#C.Fc1ccc(F)cc1.O=C1N[C@H](c2cncc(C#Cc3cccnc3)c2)CO1. The Balaban J connectivity index is 0.000000269. The molecule has 1 aliphatic rings. The van der Waals surface area contributed by atoms with Gasteiger partial charge in [-0.15, -0.1) is 12.8 Å². The number of hydrogen-bond acceptors (Lipinski definition) is 4. The van der Waals surface area contributed by atoms with Crippen molar-refractivity contribution >= 4 is 6.09 Å². The molecule has 30 heavy (non-hydrogen) atoms. The van der Waals surface area contributed by atoms with E-state index >= 15 is 0 Å². The van der Waals surface area contributed by atoms with Crippen molar-refractivity contribution < 1.29 is 18.3 Å². The molecule has 1 atom stereocenters. The lowest BCUT2D eigenvalue weighted by molar-refractivity contribution is 0.177. The minimum atomic E-state index is -0.411. The fourth-order valence-electron chi connectivity index (χ4n) is 2.29. The number of alkyl carbamates (subject to hydrolysis) is 1. The highest BCUT2D eigenvalue weighted by Gasteiger charge is 2.23. The van der Waals surface area contributed by atoms with Gasteiger partial charge in [0, 0.05) is 35.9 Å². The summed E-state index contributed by atoms with van der Waals surface area (Å²) in [6.45, 7) is 0.319. The number of carbonyl (C=O) groups is 1. The molecular weight excluding hydrogens is 388 g/mol. The highest BCUT2D eigenvalue weighted by molar-refractivity contribution is 5.70. The van der Waals surface area contributed by atoms with Crippen molar-refractivity contribution in [2.45, 2.75) is 6.04 Å². The van der Waals surface area contributed by atoms with Crippen LogP contribution in [0.3, 0.4) is 0 Å². The van der Waals surface area contributed by atoms with Gasteiger partial charge in [-0.3, -0.25) is 9.97 Å². The fourth-order valence-corrected chi connectivity index (χ4v) is 2.29.